The largest absolute Gasteiger partial charge is 0.489 e. The van der Waals surface area contributed by atoms with E-state index in [0.717, 1.165) is 35.1 Å². The van der Waals surface area contributed by atoms with Crippen molar-refractivity contribution >= 4 is 22.5 Å². The number of unbranched alkanes of at least 4 members (excludes halogenated alkanes) is 1. The molecule has 0 saturated carbocycles. The first-order valence-electron chi connectivity index (χ1n) is 8.11. The molecule has 0 unspecified atom stereocenters. The smallest absolute Gasteiger partial charge is 0.213 e. The fraction of sp³-hybridized carbons (Fsp3) is 0.250. The van der Waals surface area contributed by atoms with Crippen LogP contribution in [0, 0.1) is 0 Å². The molecular weight excluding hydrogens is 322 g/mol. The van der Waals surface area contributed by atoms with Crippen molar-refractivity contribution in [3.05, 3.63) is 66.2 Å². The lowest BCUT2D eigenvalue weighted by atomic mass is 10.2. The Labute approximate surface area is 147 Å². The Morgan fingerprint density at radius 1 is 0.875 bits per heavy atom. The fourth-order valence-electron chi connectivity index (χ4n) is 2.36. The Hall–Kier alpha value is -2.26. The predicted octanol–water partition coefficient (Wildman–Crippen LogP) is 5.21. The Morgan fingerprint density at radius 3 is 2.54 bits per heavy atom. The van der Waals surface area contributed by atoms with Gasteiger partial charge in [0.2, 0.25) is 5.88 Å². The highest BCUT2D eigenvalue weighted by Gasteiger charge is 2.03. The first-order chi connectivity index (χ1) is 11.8. The van der Waals surface area contributed by atoms with E-state index in [-0.39, 0.29) is 0 Å². The summed E-state index contributed by atoms with van der Waals surface area (Å²) >= 11 is 5.67. The van der Waals surface area contributed by atoms with Crippen LogP contribution in [0.3, 0.4) is 0 Å². The number of ether oxygens (including phenoxy) is 2. The van der Waals surface area contributed by atoms with Crippen molar-refractivity contribution in [1.29, 1.82) is 0 Å². The lowest BCUT2D eigenvalue weighted by Gasteiger charge is -2.09. The highest BCUT2D eigenvalue weighted by atomic mass is 35.5. The number of benzene rings is 2. The molecule has 24 heavy (non-hydrogen) atoms. The zero-order valence-corrected chi connectivity index (χ0v) is 14.2. The minimum atomic E-state index is 0.543. The summed E-state index contributed by atoms with van der Waals surface area (Å²) in [5, 5.41) is 1.06. The lowest BCUT2D eigenvalue weighted by Crippen LogP contribution is -1.99. The van der Waals surface area contributed by atoms with E-state index < -0.39 is 0 Å². The molecule has 3 aromatic rings. The average Bonchev–Trinajstić information content (AvgIpc) is 2.64. The molecule has 4 heteroatoms. The molecule has 0 saturated heterocycles. The van der Waals surface area contributed by atoms with E-state index in [4.69, 9.17) is 21.1 Å². The van der Waals surface area contributed by atoms with Crippen LogP contribution < -0.4 is 9.47 Å². The van der Waals surface area contributed by atoms with Gasteiger partial charge in [0, 0.05) is 23.4 Å². The zero-order chi connectivity index (χ0) is 16.6. The summed E-state index contributed by atoms with van der Waals surface area (Å²) in [5.41, 5.74) is 2.01. The van der Waals surface area contributed by atoms with E-state index in [2.05, 4.69) is 4.98 Å². The van der Waals surface area contributed by atoms with Crippen molar-refractivity contribution in [1.82, 2.24) is 4.98 Å². The zero-order valence-electron chi connectivity index (χ0n) is 13.5. The van der Waals surface area contributed by atoms with Gasteiger partial charge in [-0.25, -0.2) is 4.98 Å². The van der Waals surface area contributed by atoms with Crippen molar-refractivity contribution in [3.8, 4) is 11.6 Å². The van der Waals surface area contributed by atoms with Crippen molar-refractivity contribution in [2.45, 2.75) is 19.4 Å². The predicted molar refractivity (Wildman–Crippen MR) is 98.0 cm³/mol. The molecule has 0 aliphatic carbocycles. The third kappa shape index (κ3) is 4.62. The van der Waals surface area contributed by atoms with Crippen LogP contribution in [0.25, 0.3) is 10.9 Å². The Balaban J connectivity index is 1.67. The number of fused-ring (bicyclic) bond motifs is 1. The highest BCUT2D eigenvalue weighted by Crippen LogP contribution is 2.22. The summed E-state index contributed by atoms with van der Waals surface area (Å²) in [4.78, 5) is 4.55. The SMILES string of the molecule is ClCCCCOc1ccc2ccc(OCc3ccccc3)cc2n1. The summed E-state index contributed by atoms with van der Waals surface area (Å²) in [6, 6.07) is 19.9. The molecule has 0 aliphatic rings. The number of aromatic nitrogens is 1. The molecule has 0 bridgehead atoms. The molecule has 124 valence electrons. The molecule has 0 atom stereocenters. The minimum Gasteiger partial charge on any atom is -0.489 e. The van der Waals surface area contributed by atoms with E-state index in [9.17, 15) is 0 Å². The van der Waals surface area contributed by atoms with Crippen molar-refractivity contribution in [2.75, 3.05) is 12.5 Å². The van der Waals surface area contributed by atoms with Gasteiger partial charge in [-0.15, -0.1) is 11.6 Å². The molecule has 3 rings (SSSR count). The maximum atomic E-state index is 5.86. The van der Waals surface area contributed by atoms with Gasteiger partial charge in [0.05, 0.1) is 12.1 Å². The summed E-state index contributed by atoms with van der Waals surface area (Å²) in [6.45, 7) is 1.18. The summed E-state index contributed by atoms with van der Waals surface area (Å²) in [6.07, 6.45) is 1.88. The standard InChI is InChI=1S/C20H20ClNO2/c21-12-4-5-13-23-20-11-9-17-8-10-18(14-19(17)22-20)24-15-16-6-2-1-3-7-16/h1-3,6-11,14H,4-5,12-13,15H2. The second kappa shape index (κ2) is 8.55. The highest BCUT2D eigenvalue weighted by molar-refractivity contribution is 6.17. The monoisotopic (exact) mass is 341 g/mol. The second-order valence-corrected chi connectivity index (χ2v) is 5.90. The van der Waals surface area contributed by atoms with Crippen molar-refractivity contribution in [3.63, 3.8) is 0 Å². The van der Waals surface area contributed by atoms with Crippen molar-refractivity contribution < 1.29 is 9.47 Å². The molecular formula is C20H20ClNO2. The third-order valence-corrected chi connectivity index (χ3v) is 3.93. The average molecular weight is 342 g/mol. The van der Waals surface area contributed by atoms with Crippen molar-refractivity contribution in [2.24, 2.45) is 0 Å². The Morgan fingerprint density at radius 2 is 1.71 bits per heavy atom. The normalized spacial score (nSPS) is 10.7. The molecule has 0 radical (unpaired) electrons. The molecule has 0 N–H and O–H groups in total. The van der Waals surface area contributed by atoms with Gasteiger partial charge in [-0.1, -0.05) is 30.3 Å². The molecule has 0 amide bonds. The molecule has 0 aliphatic heterocycles. The van der Waals surface area contributed by atoms with Gasteiger partial charge < -0.3 is 9.47 Å². The lowest BCUT2D eigenvalue weighted by molar-refractivity contribution is 0.299. The second-order valence-electron chi connectivity index (χ2n) is 5.52. The first-order valence-corrected chi connectivity index (χ1v) is 8.65. The topological polar surface area (TPSA) is 31.4 Å². The van der Waals surface area contributed by atoms with Gasteiger partial charge in [0.1, 0.15) is 12.4 Å². The number of hydrogen-bond acceptors (Lipinski definition) is 3. The van der Waals surface area contributed by atoms with E-state index in [1.54, 1.807) is 0 Å². The Kier molecular flexibility index (Phi) is 5.91. The Bertz CT molecular complexity index is 777. The number of nitrogens with zero attached hydrogens (tertiary/aromatic N) is 1. The number of halogens is 1. The molecule has 0 fully saturated rings. The van der Waals surface area contributed by atoms with Gasteiger partial charge in [-0.3, -0.25) is 0 Å². The van der Waals surface area contributed by atoms with E-state index >= 15 is 0 Å². The number of pyridine rings is 1. The van der Waals surface area contributed by atoms with E-state index in [1.165, 1.54) is 0 Å². The van der Waals surface area contributed by atoms with Gasteiger partial charge in [-0.05, 0) is 36.6 Å². The van der Waals surface area contributed by atoms with Gasteiger partial charge >= 0.3 is 0 Å². The minimum absolute atomic E-state index is 0.543. The van der Waals surface area contributed by atoms with Crippen LogP contribution in [0.5, 0.6) is 11.6 Å². The first kappa shape index (κ1) is 16.6. The maximum absolute atomic E-state index is 5.86. The van der Waals surface area contributed by atoms with Crippen LogP contribution in [0.15, 0.2) is 60.7 Å². The van der Waals surface area contributed by atoms with Crippen LogP contribution in [-0.4, -0.2) is 17.5 Å². The third-order valence-electron chi connectivity index (χ3n) is 3.66. The van der Waals surface area contributed by atoms with Crippen LogP contribution >= 0.6 is 11.6 Å². The number of rotatable bonds is 8. The van der Waals surface area contributed by atoms with Crippen LogP contribution in [0.2, 0.25) is 0 Å². The van der Waals surface area contributed by atoms with Crippen LogP contribution in [-0.2, 0) is 6.61 Å². The molecule has 3 nitrogen and oxygen atoms in total. The molecule has 1 heterocycles. The summed E-state index contributed by atoms with van der Waals surface area (Å²) < 4.78 is 11.5. The van der Waals surface area contributed by atoms with Crippen LogP contribution in [0.1, 0.15) is 18.4 Å². The van der Waals surface area contributed by atoms with Crippen LogP contribution in [0.4, 0.5) is 0 Å². The van der Waals surface area contributed by atoms with Gasteiger partial charge in [0.25, 0.3) is 0 Å². The number of alkyl halides is 1. The summed E-state index contributed by atoms with van der Waals surface area (Å²) in [5.74, 6) is 2.10. The maximum Gasteiger partial charge on any atom is 0.213 e. The van der Waals surface area contributed by atoms with E-state index in [1.807, 2.05) is 60.7 Å². The number of hydrogen-bond donors (Lipinski definition) is 0. The molecule has 0 spiro atoms. The van der Waals surface area contributed by atoms with E-state index in [0.29, 0.717) is 25.0 Å². The van der Waals surface area contributed by atoms with Gasteiger partial charge in [-0.2, -0.15) is 0 Å². The molecule has 1 aromatic heterocycles. The molecule has 2 aromatic carbocycles. The fourth-order valence-corrected chi connectivity index (χ4v) is 2.55. The van der Waals surface area contributed by atoms with Gasteiger partial charge in [0.15, 0.2) is 0 Å². The quantitative estimate of drug-likeness (QED) is 0.416. The summed E-state index contributed by atoms with van der Waals surface area (Å²) in [7, 11) is 0.